The van der Waals surface area contributed by atoms with Gasteiger partial charge in [-0.05, 0) is 49.4 Å². The highest BCUT2D eigenvalue weighted by molar-refractivity contribution is 8.04. The Kier molecular flexibility index (Phi) is 5.47. The van der Waals surface area contributed by atoms with Crippen molar-refractivity contribution in [3.63, 3.8) is 0 Å². The van der Waals surface area contributed by atoms with Gasteiger partial charge >= 0.3 is 0 Å². The summed E-state index contributed by atoms with van der Waals surface area (Å²) in [6, 6.07) is 16.4. The van der Waals surface area contributed by atoms with Crippen LogP contribution in [0.4, 0.5) is 5.69 Å². The van der Waals surface area contributed by atoms with Gasteiger partial charge in [-0.15, -0.1) is 11.8 Å². The van der Waals surface area contributed by atoms with E-state index in [0.29, 0.717) is 16.2 Å². The van der Waals surface area contributed by atoms with Crippen LogP contribution in [0.2, 0.25) is 0 Å². The lowest BCUT2D eigenvalue weighted by Crippen LogP contribution is -2.31. The fraction of sp³-hybridized carbons (Fsp3) is 0.238. The Labute approximate surface area is 157 Å². The van der Waals surface area contributed by atoms with Crippen molar-refractivity contribution < 1.29 is 14.3 Å². The smallest absolute Gasteiger partial charge is 0.272 e. The summed E-state index contributed by atoms with van der Waals surface area (Å²) in [5.41, 5.74) is 1.78. The van der Waals surface area contributed by atoms with E-state index in [-0.39, 0.29) is 17.9 Å². The molecule has 0 spiro atoms. The minimum absolute atomic E-state index is 0.0783. The van der Waals surface area contributed by atoms with Crippen LogP contribution in [0, 0.1) is 0 Å². The minimum atomic E-state index is -0.283. The first kappa shape index (κ1) is 18.3. The molecule has 0 aliphatic carbocycles. The van der Waals surface area contributed by atoms with E-state index >= 15 is 0 Å². The van der Waals surface area contributed by atoms with E-state index in [9.17, 15) is 9.59 Å². The lowest BCUT2D eigenvalue weighted by atomic mass is 10.1. The highest BCUT2D eigenvalue weighted by Gasteiger charge is 2.39. The van der Waals surface area contributed by atoms with Gasteiger partial charge < -0.3 is 4.74 Å². The van der Waals surface area contributed by atoms with Gasteiger partial charge in [0.2, 0.25) is 0 Å². The molecule has 0 N–H and O–H groups in total. The number of amides is 2. The summed E-state index contributed by atoms with van der Waals surface area (Å²) in [6.45, 7) is 5.89. The molecule has 134 valence electrons. The summed E-state index contributed by atoms with van der Waals surface area (Å²) in [6.07, 6.45) is 0.0783. The van der Waals surface area contributed by atoms with Crippen LogP contribution < -0.4 is 9.64 Å². The van der Waals surface area contributed by atoms with Crippen molar-refractivity contribution >= 4 is 34.8 Å². The molecule has 3 rings (SSSR count). The fourth-order valence-electron chi connectivity index (χ4n) is 2.83. The topological polar surface area (TPSA) is 46.6 Å². The molecule has 0 radical (unpaired) electrons. The SMILES string of the molecule is CCSC1=C(c2ccc(OC(C)C)cc2)C(=O)N(c2ccccc2)C1=O. The van der Waals surface area contributed by atoms with Crippen molar-refractivity contribution in [1.29, 1.82) is 0 Å². The summed E-state index contributed by atoms with van der Waals surface area (Å²) in [7, 11) is 0. The standard InChI is InChI=1S/C21H21NO3S/c1-4-26-19-18(15-10-12-17(13-11-15)25-14(2)3)20(23)22(21(19)24)16-8-6-5-7-9-16/h5-14H,4H2,1-3H3. The number of ether oxygens (including phenoxy) is 1. The Morgan fingerprint density at radius 1 is 0.962 bits per heavy atom. The number of rotatable bonds is 6. The molecule has 1 heterocycles. The Morgan fingerprint density at radius 2 is 1.62 bits per heavy atom. The zero-order valence-electron chi connectivity index (χ0n) is 15.1. The van der Waals surface area contributed by atoms with Crippen molar-refractivity contribution in [2.75, 3.05) is 10.7 Å². The molecular weight excluding hydrogens is 346 g/mol. The first-order valence-electron chi connectivity index (χ1n) is 8.61. The first-order chi connectivity index (χ1) is 12.5. The second-order valence-electron chi connectivity index (χ2n) is 6.11. The number of hydrogen-bond acceptors (Lipinski definition) is 4. The number of thioether (sulfide) groups is 1. The van der Waals surface area contributed by atoms with Crippen LogP contribution in [-0.2, 0) is 9.59 Å². The number of anilines is 1. The summed E-state index contributed by atoms with van der Waals surface area (Å²) in [4.78, 5) is 27.7. The lowest BCUT2D eigenvalue weighted by molar-refractivity contribution is -0.119. The Balaban J connectivity index is 1.99. The highest BCUT2D eigenvalue weighted by atomic mass is 32.2. The molecule has 0 saturated heterocycles. The number of imide groups is 1. The molecule has 0 unspecified atom stereocenters. The van der Waals surface area contributed by atoms with Crippen LogP contribution in [0.1, 0.15) is 26.3 Å². The van der Waals surface area contributed by atoms with Gasteiger partial charge in [0.1, 0.15) is 5.75 Å². The van der Waals surface area contributed by atoms with Gasteiger partial charge in [-0.1, -0.05) is 37.3 Å². The number of carbonyl (C=O) groups excluding carboxylic acids is 2. The van der Waals surface area contributed by atoms with Crippen LogP contribution in [0.3, 0.4) is 0 Å². The normalized spacial score (nSPS) is 14.5. The number of para-hydroxylation sites is 1. The van der Waals surface area contributed by atoms with Crippen molar-refractivity contribution in [2.45, 2.75) is 26.9 Å². The average Bonchev–Trinajstić information content (AvgIpc) is 2.87. The predicted octanol–water partition coefficient (Wildman–Crippen LogP) is 4.51. The molecule has 2 amide bonds. The van der Waals surface area contributed by atoms with Crippen molar-refractivity contribution in [1.82, 2.24) is 0 Å². The van der Waals surface area contributed by atoms with E-state index in [1.54, 1.807) is 12.1 Å². The predicted molar refractivity (Wildman–Crippen MR) is 106 cm³/mol. The Hall–Kier alpha value is -2.53. The Bertz CT molecular complexity index is 841. The van der Waals surface area contributed by atoms with Gasteiger partial charge in [0.05, 0.1) is 22.3 Å². The van der Waals surface area contributed by atoms with Crippen LogP contribution in [-0.4, -0.2) is 23.7 Å². The number of carbonyl (C=O) groups is 2. The molecule has 2 aromatic carbocycles. The number of hydrogen-bond donors (Lipinski definition) is 0. The van der Waals surface area contributed by atoms with E-state index < -0.39 is 0 Å². The zero-order chi connectivity index (χ0) is 18.7. The van der Waals surface area contributed by atoms with Gasteiger partial charge in [0, 0.05) is 0 Å². The second-order valence-corrected chi connectivity index (χ2v) is 7.38. The van der Waals surface area contributed by atoms with Crippen molar-refractivity contribution in [3.8, 4) is 5.75 Å². The molecule has 1 aliphatic rings. The fourth-order valence-corrected chi connectivity index (χ4v) is 3.68. The molecule has 1 aliphatic heterocycles. The monoisotopic (exact) mass is 367 g/mol. The van der Waals surface area contributed by atoms with Crippen LogP contribution in [0.5, 0.6) is 5.75 Å². The molecule has 0 atom stereocenters. The number of benzene rings is 2. The van der Waals surface area contributed by atoms with Crippen LogP contribution in [0.15, 0.2) is 59.5 Å². The second kappa shape index (κ2) is 7.79. The van der Waals surface area contributed by atoms with Gasteiger partial charge in [0.15, 0.2) is 0 Å². The van der Waals surface area contributed by atoms with Crippen molar-refractivity contribution in [2.24, 2.45) is 0 Å². The van der Waals surface area contributed by atoms with Gasteiger partial charge in [-0.25, -0.2) is 4.90 Å². The molecular formula is C21H21NO3S. The minimum Gasteiger partial charge on any atom is -0.491 e. The summed E-state index contributed by atoms with van der Waals surface area (Å²) < 4.78 is 5.66. The molecule has 0 fully saturated rings. The van der Waals surface area contributed by atoms with Crippen molar-refractivity contribution in [3.05, 3.63) is 65.1 Å². The summed E-state index contributed by atoms with van der Waals surface area (Å²) in [5.74, 6) is 0.917. The quantitative estimate of drug-likeness (QED) is 0.705. The van der Waals surface area contributed by atoms with Crippen LogP contribution >= 0.6 is 11.8 Å². The molecule has 5 heteroatoms. The molecule has 0 saturated carbocycles. The zero-order valence-corrected chi connectivity index (χ0v) is 15.9. The molecule has 2 aromatic rings. The largest absolute Gasteiger partial charge is 0.491 e. The van der Waals surface area contributed by atoms with Gasteiger partial charge in [-0.3, -0.25) is 9.59 Å². The van der Waals surface area contributed by atoms with E-state index in [1.807, 2.05) is 63.2 Å². The maximum Gasteiger partial charge on any atom is 0.272 e. The molecule has 0 aromatic heterocycles. The average molecular weight is 367 g/mol. The van der Waals surface area contributed by atoms with Gasteiger partial charge in [-0.2, -0.15) is 0 Å². The van der Waals surface area contributed by atoms with E-state index in [2.05, 4.69) is 0 Å². The molecule has 0 bridgehead atoms. The summed E-state index contributed by atoms with van der Waals surface area (Å²) >= 11 is 1.40. The van der Waals surface area contributed by atoms with E-state index in [0.717, 1.165) is 17.1 Å². The maximum atomic E-state index is 13.1. The van der Waals surface area contributed by atoms with Crippen LogP contribution in [0.25, 0.3) is 5.57 Å². The number of nitrogens with zero attached hydrogens (tertiary/aromatic N) is 1. The van der Waals surface area contributed by atoms with E-state index in [1.165, 1.54) is 16.7 Å². The molecule has 4 nitrogen and oxygen atoms in total. The maximum absolute atomic E-state index is 13.1. The third-order valence-corrected chi connectivity index (χ3v) is 4.82. The lowest BCUT2D eigenvalue weighted by Gasteiger charge is -2.15. The van der Waals surface area contributed by atoms with Gasteiger partial charge in [0.25, 0.3) is 11.8 Å². The third kappa shape index (κ3) is 3.53. The summed E-state index contributed by atoms with van der Waals surface area (Å²) in [5, 5.41) is 0. The molecule has 26 heavy (non-hydrogen) atoms. The first-order valence-corrected chi connectivity index (χ1v) is 9.59. The van der Waals surface area contributed by atoms with E-state index in [4.69, 9.17) is 4.74 Å². The highest BCUT2D eigenvalue weighted by Crippen LogP contribution is 2.38. The Morgan fingerprint density at radius 3 is 2.19 bits per heavy atom. The third-order valence-electron chi connectivity index (χ3n) is 3.86.